The van der Waals surface area contributed by atoms with Gasteiger partial charge in [0, 0.05) is 11.8 Å². The lowest BCUT2D eigenvalue weighted by molar-refractivity contribution is -0.123. The summed E-state index contributed by atoms with van der Waals surface area (Å²) in [5, 5.41) is 0. The lowest BCUT2D eigenvalue weighted by Gasteiger charge is -2.35. The fourth-order valence-corrected chi connectivity index (χ4v) is 6.21. The number of hydrogen-bond acceptors (Lipinski definition) is 8. The van der Waals surface area contributed by atoms with Gasteiger partial charge in [0.15, 0.2) is 17.3 Å². The molecule has 0 aliphatic carbocycles. The quantitative estimate of drug-likeness (QED) is 0.265. The first-order valence-corrected chi connectivity index (χ1v) is 12.8. The highest BCUT2D eigenvalue weighted by Crippen LogP contribution is 2.54. The molecule has 3 aliphatic rings. The molecule has 2 saturated heterocycles. The summed E-state index contributed by atoms with van der Waals surface area (Å²) >= 11 is 0. The lowest BCUT2D eigenvalue weighted by Crippen LogP contribution is -2.44. The SMILES string of the molecule is COC(=O)c1ccccc1N1C(=O)[C@@H]2[C@H](C1=O)[C@H]1c3ccccc3C=CN1[C@@H]2C(=O)c1ccc(OC)c(OC)c1. The van der Waals surface area contributed by atoms with Crippen molar-refractivity contribution in [1.82, 2.24) is 4.90 Å². The maximum Gasteiger partial charge on any atom is 0.339 e. The Morgan fingerprint density at radius 2 is 1.50 bits per heavy atom. The molecule has 6 rings (SSSR count). The first-order valence-electron chi connectivity index (χ1n) is 12.8. The summed E-state index contributed by atoms with van der Waals surface area (Å²) in [6, 6.07) is 17.3. The number of fused-ring (bicyclic) bond motifs is 5. The third-order valence-corrected chi connectivity index (χ3v) is 7.95. The predicted octanol–water partition coefficient (Wildman–Crippen LogP) is 3.89. The fraction of sp³-hybridized carbons (Fsp3) is 0.226. The largest absolute Gasteiger partial charge is 0.493 e. The molecule has 0 saturated carbocycles. The Hall–Kier alpha value is -4.92. The Labute approximate surface area is 230 Å². The molecule has 0 unspecified atom stereocenters. The van der Waals surface area contributed by atoms with E-state index in [1.54, 1.807) is 42.6 Å². The van der Waals surface area contributed by atoms with Crippen LogP contribution in [0, 0.1) is 11.8 Å². The number of carbonyl (C=O) groups excluding carboxylic acids is 4. The molecule has 9 nitrogen and oxygen atoms in total. The van der Waals surface area contributed by atoms with Crippen LogP contribution in [-0.4, -0.2) is 55.8 Å². The van der Waals surface area contributed by atoms with E-state index in [4.69, 9.17) is 14.2 Å². The molecule has 202 valence electrons. The van der Waals surface area contributed by atoms with E-state index < -0.39 is 41.7 Å². The number of Topliss-reactive ketones (excluding diaryl/α,β-unsaturated/α-hetero) is 1. The molecule has 3 aromatic rings. The van der Waals surface area contributed by atoms with Gasteiger partial charge in [-0.05, 0) is 47.5 Å². The van der Waals surface area contributed by atoms with E-state index in [1.807, 2.05) is 35.2 Å². The van der Waals surface area contributed by atoms with Crippen molar-refractivity contribution in [2.24, 2.45) is 11.8 Å². The topological polar surface area (TPSA) is 102 Å². The number of esters is 1. The van der Waals surface area contributed by atoms with Crippen LogP contribution < -0.4 is 14.4 Å². The summed E-state index contributed by atoms with van der Waals surface area (Å²) in [6.07, 6.45) is 3.68. The minimum Gasteiger partial charge on any atom is -0.493 e. The normalized spacial score (nSPS) is 22.5. The molecular weight excluding hydrogens is 512 g/mol. The number of hydrogen-bond donors (Lipinski definition) is 0. The van der Waals surface area contributed by atoms with E-state index >= 15 is 0 Å². The molecule has 0 N–H and O–H groups in total. The molecule has 3 aromatic carbocycles. The zero-order chi connectivity index (χ0) is 28.1. The summed E-state index contributed by atoms with van der Waals surface area (Å²) in [4.78, 5) is 58.0. The number of anilines is 1. The van der Waals surface area contributed by atoms with Crippen LogP contribution in [0.25, 0.3) is 6.08 Å². The van der Waals surface area contributed by atoms with Crippen molar-refractivity contribution < 1.29 is 33.4 Å². The van der Waals surface area contributed by atoms with Gasteiger partial charge < -0.3 is 19.1 Å². The summed E-state index contributed by atoms with van der Waals surface area (Å²) in [6.45, 7) is 0. The molecule has 0 bridgehead atoms. The summed E-state index contributed by atoms with van der Waals surface area (Å²) < 4.78 is 15.6. The zero-order valence-electron chi connectivity index (χ0n) is 22.1. The fourth-order valence-electron chi connectivity index (χ4n) is 6.21. The molecule has 0 radical (unpaired) electrons. The van der Waals surface area contributed by atoms with Crippen molar-refractivity contribution in [3.63, 3.8) is 0 Å². The highest BCUT2D eigenvalue weighted by molar-refractivity contribution is 6.26. The van der Waals surface area contributed by atoms with E-state index in [-0.39, 0.29) is 17.0 Å². The van der Waals surface area contributed by atoms with Crippen LogP contribution in [0.5, 0.6) is 11.5 Å². The van der Waals surface area contributed by atoms with E-state index in [0.717, 1.165) is 16.0 Å². The van der Waals surface area contributed by atoms with Crippen LogP contribution in [0.15, 0.2) is 72.9 Å². The number of rotatable bonds is 6. The number of para-hydroxylation sites is 1. The van der Waals surface area contributed by atoms with Crippen LogP contribution >= 0.6 is 0 Å². The summed E-state index contributed by atoms with van der Waals surface area (Å²) in [5.74, 6) is -2.99. The molecule has 40 heavy (non-hydrogen) atoms. The minimum atomic E-state index is -0.986. The Bertz CT molecular complexity index is 1600. The number of imide groups is 1. The second-order valence-corrected chi connectivity index (χ2v) is 9.79. The molecule has 0 aromatic heterocycles. The maximum atomic E-state index is 14.2. The van der Waals surface area contributed by atoms with Gasteiger partial charge in [0.05, 0.1) is 50.5 Å². The Morgan fingerprint density at radius 3 is 2.25 bits per heavy atom. The Kier molecular flexibility index (Phi) is 6.14. The van der Waals surface area contributed by atoms with Crippen molar-refractivity contribution in [3.05, 3.63) is 95.2 Å². The van der Waals surface area contributed by atoms with Crippen LogP contribution in [0.1, 0.15) is 37.9 Å². The van der Waals surface area contributed by atoms with Gasteiger partial charge in [0.25, 0.3) is 0 Å². The smallest absolute Gasteiger partial charge is 0.339 e. The highest BCUT2D eigenvalue weighted by Gasteiger charge is 2.64. The van der Waals surface area contributed by atoms with E-state index in [2.05, 4.69) is 0 Å². The van der Waals surface area contributed by atoms with E-state index in [9.17, 15) is 19.2 Å². The van der Waals surface area contributed by atoms with Crippen molar-refractivity contribution in [2.75, 3.05) is 26.2 Å². The van der Waals surface area contributed by atoms with Gasteiger partial charge in [-0.3, -0.25) is 14.4 Å². The number of benzene rings is 3. The molecular formula is C31H26N2O7. The molecule has 0 spiro atoms. The molecule has 2 fully saturated rings. The van der Waals surface area contributed by atoms with Gasteiger partial charge in [-0.1, -0.05) is 36.4 Å². The van der Waals surface area contributed by atoms with Crippen molar-refractivity contribution >= 4 is 35.3 Å². The van der Waals surface area contributed by atoms with Gasteiger partial charge in [-0.15, -0.1) is 0 Å². The van der Waals surface area contributed by atoms with Crippen LogP contribution in [-0.2, 0) is 14.3 Å². The zero-order valence-corrected chi connectivity index (χ0v) is 22.1. The van der Waals surface area contributed by atoms with Crippen molar-refractivity contribution in [1.29, 1.82) is 0 Å². The van der Waals surface area contributed by atoms with Crippen LogP contribution in [0.4, 0.5) is 5.69 Å². The lowest BCUT2D eigenvalue weighted by atomic mass is 9.83. The van der Waals surface area contributed by atoms with Gasteiger partial charge in [0.1, 0.15) is 6.04 Å². The molecule has 9 heteroatoms. The van der Waals surface area contributed by atoms with E-state index in [0.29, 0.717) is 17.1 Å². The number of ether oxygens (including phenoxy) is 3. The standard InChI is InChI=1S/C31H26N2O7/c1-38-22-13-12-18(16-23(22)39-2)28(34)27-25-24(26-19-9-5-4-8-17(19)14-15-32(26)27)29(35)33(30(25)36)21-11-7-6-10-20(21)31(37)40-3/h4-16,24-27H,1-3H3/t24-,25+,26+,27-/m0/s1. The molecule has 4 atom stereocenters. The van der Waals surface area contributed by atoms with Gasteiger partial charge in [-0.25, -0.2) is 9.69 Å². The number of carbonyl (C=O) groups is 4. The average molecular weight is 539 g/mol. The van der Waals surface area contributed by atoms with Crippen molar-refractivity contribution in [2.45, 2.75) is 12.1 Å². The maximum absolute atomic E-state index is 14.2. The molecule has 3 heterocycles. The Morgan fingerprint density at radius 1 is 0.800 bits per heavy atom. The number of nitrogens with zero attached hydrogens (tertiary/aromatic N) is 2. The van der Waals surface area contributed by atoms with Gasteiger partial charge in [-0.2, -0.15) is 0 Å². The van der Waals surface area contributed by atoms with Crippen LogP contribution in [0.3, 0.4) is 0 Å². The third-order valence-electron chi connectivity index (χ3n) is 7.95. The highest BCUT2D eigenvalue weighted by atomic mass is 16.5. The first-order chi connectivity index (χ1) is 19.4. The third kappa shape index (κ3) is 3.61. The monoisotopic (exact) mass is 538 g/mol. The average Bonchev–Trinajstić information content (AvgIpc) is 3.47. The number of methoxy groups -OCH3 is 3. The Balaban J connectivity index is 1.50. The molecule has 2 amide bonds. The van der Waals surface area contributed by atoms with Crippen molar-refractivity contribution in [3.8, 4) is 11.5 Å². The second kappa shape index (κ2) is 9.68. The minimum absolute atomic E-state index is 0.0928. The molecule has 3 aliphatic heterocycles. The van der Waals surface area contributed by atoms with Gasteiger partial charge >= 0.3 is 5.97 Å². The second-order valence-electron chi connectivity index (χ2n) is 9.79. The van der Waals surface area contributed by atoms with Crippen LogP contribution in [0.2, 0.25) is 0 Å². The predicted molar refractivity (Wildman–Crippen MR) is 145 cm³/mol. The number of amides is 2. The van der Waals surface area contributed by atoms with E-state index in [1.165, 1.54) is 27.4 Å². The van der Waals surface area contributed by atoms with Gasteiger partial charge in [0.2, 0.25) is 11.8 Å². The summed E-state index contributed by atoms with van der Waals surface area (Å²) in [7, 11) is 4.22. The number of ketones is 1. The first kappa shape index (κ1) is 25.4. The summed E-state index contributed by atoms with van der Waals surface area (Å²) in [5.41, 5.74) is 2.32.